The number of sulfonamides is 1. The maximum absolute atomic E-state index is 12.4. The third-order valence-corrected chi connectivity index (χ3v) is 4.81. The van der Waals surface area contributed by atoms with Gasteiger partial charge in [0.15, 0.2) is 0 Å². The van der Waals surface area contributed by atoms with Crippen LogP contribution in [0.25, 0.3) is 0 Å². The van der Waals surface area contributed by atoms with Gasteiger partial charge in [0.25, 0.3) is 10.0 Å². The third-order valence-electron chi connectivity index (χ3n) is 2.72. The Bertz CT molecular complexity index is 843. The van der Waals surface area contributed by atoms with E-state index >= 15 is 0 Å². The molecule has 0 fully saturated rings. The highest BCUT2D eigenvalue weighted by Crippen LogP contribution is 2.27. The lowest BCUT2D eigenvalue weighted by Gasteiger charge is -2.11. The van der Waals surface area contributed by atoms with E-state index in [0.717, 1.165) is 5.56 Å². The summed E-state index contributed by atoms with van der Waals surface area (Å²) in [6.45, 7) is 1.81. The highest BCUT2D eigenvalue weighted by Gasteiger charge is 2.19. The number of nitrogens with one attached hydrogen (secondary N) is 1. The van der Waals surface area contributed by atoms with Gasteiger partial charge in [-0.05, 0) is 42.8 Å². The van der Waals surface area contributed by atoms with Gasteiger partial charge in [-0.1, -0.05) is 29.3 Å². The molecule has 2 rings (SSSR count). The van der Waals surface area contributed by atoms with Gasteiger partial charge in [0, 0.05) is 5.02 Å². The summed E-state index contributed by atoms with van der Waals surface area (Å²) in [7, 11) is -3.90. The average Bonchev–Trinajstić information content (AvgIpc) is 2.37. The number of hydrogen-bond donors (Lipinski definition) is 1. The molecule has 0 heterocycles. The highest BCUT2D eigenvalue weighted by atomic mass is 35.5. The first-order chi connectivity index (χ1) is 9.83. The lowest BCUT2D eigenvalue weighted by atomic mass is 10.2. The molecular formula is C14H10Cl2N2O2S. The Morgan fingerprint density at radius 1 is 1.14 bits per heavy atom. The molecule has 0 spiro atoms. The van der Waals surface area contributed by atoms with Gasteiger partial charge in [-0.3, -0.25) is 4.72 Å². The fourth-order valence-corrected chi connectivity index (χ4v) is 3.57. The Kier molecular flexibility index (Phi) is 4.43. The minimum absolute atomic E-state index is 0.0568. The van der Waals surface area contributed by atoms with Gasteiger partial charge >= 0.3 is 0 Å². The Balaban J connectivity index is 2.47. The molecule has 0 aliphatic heterocycles. The molecule has 0 unspecified atom stereocenters. The molecule has 4 nitrogen and oxygen atoms in total. The summed E-state index contributed by atoms with van der Waals surface area (Å²) in [5.41, 5.74) is 1.13. The molecule has 108 valence electrons. The van der Waals surface area contributed by atoms with Crippen LogP contribution in [0.2, 0.25) is 10.0 Å². The molecule has 0 bridgehead atoms. The number of rotatable bonds is 3. The number of anilines is 1. The molecule has 2 aromatic carbocycles. The van der Waals surface area contributed by atoms with E-state index in [9.17, 15) is 8.42 Å². The van der Waals surface area contributed by atoms with Gasteiger partial charge in [-0.2, -0.15) is 5.26 Å². The number of benzene rings is 2. The normalized spacial score (nSPS) is 11.0. The van der Waals surface area contributed by atoms with Crippen LogP contribution in [0.4, 0.5) is 5.69 Å². The number of hydrogen-bond acceptors (Lipinski definition) is 3. The van der Waals surface area contributed by atoms with Crippen molar-refractivity contribution in [3.8, 4) is 6.07 Å². The Hall–Kier alpha value is -1.74. The van der Waals surface area contributed by atoms with E-state index in [2.05, 4.69) is 4.72 Å². The van der Waals surface area contributed by atoms with Gasteiger partial charge in [0.05, 0.1) is 16.3 Å². The monoisotopic (exact) mass is 340 g/mol. The molecular weight excluding hydrogens is 331 g/mol. The fourth-order valence-electron chi connectivity index (χ4n) is 1.72. The van der Waals surface area contributed by atoms with Gasteiger partial charge in [-0.25, -0.2) is 8.42 Å². The van der Waals surface area contributed by atoms with E-state index in [1.807, 2.05) is 6.07 Å². The minimum atomic E-state index is -3.90. The first kappa shape index (κ1) is 15.6. The Labute approximate surface area is 133 Å². The zero-order chi connectivity index (χ0) is 15.6. The summed E-state index contributed by atoms with van der Waals surface area (Å²) >= 11 is 11.8. The lowest BCUT2D eigenvalue weighted by molar-refractivity contribution is 0.601. The van der Waals surface area contributed by atoms with Crippen LogP contribution in [-0.2, 0) is 10.0 Å². The summed E-state index contributed by atoms with van der Waals surface area (Å²) in [6, 6.07) is 10.8. The van der Waals surface area contributed by atoms with Crippen molar-refractivity contribution in [3.05, 3.63) is 57.6 Å². The van der Waals surface area contributed by atoms with Crippen LogP contribution in [0.15, 0.2) is 41.3 Å². The van der Waals surface area contributed by atoms with Crippen molar-refractivity contribution in [2.24, 2.45) is 0 Å². The predicted octanol–water partition coefficient (Wildman–Crippen LogP) is 3.97. The SMILES string of the molecule is Cc1ccc(S(=O)(=O)Nc2cc(Cl)ccc2C#N)c(Cl)c1. The Morgan fingerprint density at radius 3 is 2.48 bits per heavy atom. The van der Waals surface area contributed by atoms with Crippen molar-refractivity contribution in [2.45, 2.75) is 11.8 Å². The molecule has 0 saturated carbocycles. The van der Waals surface area contributed by atoms with Crippen LogP contribution in [0.3, 0.4) is 0 Å². The molecule has 0 aromatic heterocycles. The van der Waals surface area contributed by atoms with Crippen LogP contribution in [0.5, 0.6) is 0 Å². The van der Waals surface area contributed by atoms with E-state index in [1.54, 1.807) is 19.1 Å². The van der Waals surface area contributed by atoms with E-state index in [1.165, 1.54) is 24.3 Å². The molecule has 0 amide bonds. The zero-order valence-electron chi connectivity index (χ0n) is 10.9. The first-order valence-corrected chi connectivity index (χ1v) is 8.06. The molecule has 0 aliphatic carbocycles. The van der Waals surface area contributed by atoms with Gasteiger partial charge in [0.1, 0.15) is 11.0 Å². The van der Waals surface area contributed by atoms with Crippen molar-refractivity contribution in [1.29, 1.82) is 5.26 Å². The van der Waals surface area contributed by atoms with Crippen molar-refractivity contribution < 1.29 is 8.42 Å². The zero-order valence-corrected chi connectivity index (χ0v) is 13.2. The Morgan fingerprint density at radius 2 is 1.86 bits per heavy atom. The summed E-state index contributed by atoms with van der Waals surface area (Å²) in [5.74, 6) is 0. The number of halogens is 2. The van der Waals surface area contributed by atoms with Gasteiger partial charge in [-0.15, -0.1) is 0 Å². The first-order valence-electron chi connectivity index (χ1n) is 5.82. The number of aryl methyl sites for hydroxylation is 1. The number of nitrogens with zero attached hydrogens (tertiary/aromatic N) is 1. The molecule has 0 aliphatic rings. The van der Waals surface area contributed by atoms with Crippen molar-refractivity contribution in [3.63, 3.8) is 0 Å². The minimum Gasteiger partial charge on any atom is -0.278 e. The van der Waals surface area contributed by atoms with Crippen molar-refractivity contribution in [1.82, 2.24) is 0 Å². The predicted molar refractivity (Wildman–Crippen MR) is 83.2 cm³/mol. The summed E-state index contributed by atoms with van der Waals surface area (Å²) in [5, 5.41) is 9.45. The van der Waals surface area contributed by atoms with Crippen LogP contribution in [-0.4, -0.2) is 8.42 Å². The third kappa shape index (κ3) is 3.48. The van der Waals surface area contributed by atoms with Crippen LogP contribution < -0.4 is 4.72 Å². The highest BCUT2D eigenvalue weighted by molar-refractivity contribution is 7.92. The second-order valence-electron chi connectivity index (χ2n) is 4.34. The quantitative estimate of drug-likeness (QED) is 0.918. The van der Waals surface area contributed by atoms with Crippen LogP contribution in [0.1, 0.15) is 11.1 Å². The van der Waals surface area contributed by atoms with Crippen molar-refractivity contribution in [2.75, 3.05) is 4.72 Å². The molecule has 21 heavy (non-hydrogen) atoms. The van der Waals surface area contributed by atoms with E-state index in [0.29, 0.717) is 5.02 Å². The smallest absolute Gasteiger partial charge is 0.263 e. The average molecular weight is 341 g/mol. The topological polar surface area (TPSA) is 70.0 Å². The summed E-state index contributed by atoms with van der Waals surface area (Å²) in [4.78, 5) is -0.0568. The standard InChI is InChI=1S/C14H10Cl2N2O2S/c1-9-2-5-14(12(16)6-9)21(19,20)18-13-7-11(15)4-3-10(13)8-17/h2-7,18H,1H3. The van der Waals surface area contributed by atoms with Crippen LogP contribution in [0, 0.1) is 18.3 Å². The molecule has 0 radical (unpaired) electrons. The summed E-state index contributed by atoms with van der Waals surface area (Å²) in [6.07, 6.45) is 0. The van der Waals surface area contributed by atoms with Gasteiger partial charge in [0.2, 0.25) is 0 Å². The second-order valence-corrected chi connectivity index (χ2v) is 6.84. The second kappa shape index (κ2) is 5.94. The van der Waals surface area contributed by atoms with Gasteiger partial charge < -0.3 is 0 Å². The van der Waals surface area contributed by atoms with E-state index in [-0.39, 0.29) is 21.2 Å². The van der Waals surface area contributed by atoms with E-state index in [4.69, 9.17) is 28.5 Å². The summed E-state index contributed by atoms with van der Waals surface area (Å²) < 4.78 is 27.1. The van der Waals surface area contributed by atoms with E-state index < -0.39 is 10.0 Å². The largest absolute Gasteiger partial charge is 0.278 e. The molecule has 2 aromatic rings. The molecule has 0 saturated heterocycles. The van der Waals surface area contributed by atoms with Crippen molar-refractivity contribution >= 4 is 38.9 Å². The number of nitriles is 1. The molecule has 7 heteroatoms. The maximum atomic E-state index is 12.4. The molecule has 0 atom stereocenters. The fraction of sp³-hybridized carbons (Fsp3) is 0.0714. The van der Waals surface area contributed by atoms with Crippen LogP contribution >= 0.6 is 23.2 Å². The molecule has 1 N–H and O–H groups in total. The lowest BCUT2D eigenvalue weighted by Crippen LogP contribution is -2.14. The maximum Gasteiger partial charge on any atom is 0.263 e.